The zero-order valence-corrected chi connectivity index (χ0v) is 8.70. The lowest BCUT2D eigenvalue weighted by atomic mass is 10.2. The molecular formula is C11H16N2O. The molecule has 1 aromatic rings. The molecule has 0 fully saturated rings. The second-order valence-electron chi connectivity index (χ2n) is 3.50. The van der Waals surface area contributed by atoms with Gasteiger partial charge in [-0.05, 0) is 26.0 Å². The molecule has 76 valence electrons. The number of phenols is 1. The van der Waals surface area contributed by atoms with Gasteiger partial charge in [0.2, 0.25) is 0 Å². The van der Waals surface area contributed by atoms with Crippen molar-refractivity contribution < 1.29 is 5.11 Å². The van der Waals surface area contributed by atoms with E-state index in [9.17, 15) is 5.11 Å². The summed E-state index contributed by atoms with van der Waals surface area (Å²) >= 11 is 0. The number of para-hydroxylation sites is 1. The second-order valence-corrected chi connectivity index (χ2v) is 3.50. The van der Waals surface area contributed by atoms with Crippen molar-refractivity contribution in [2.45, 2.75) is 13.8 Å². The highest BCUT2D eigenvalue weighted by Crippen LogP contribution is 2.41. The van der Waals surface area contributed by atoms with Crippen molar-refractivity contribution in [3.05, 3.63) is 18.2 Å². The van der Waals surface area contributed by atoms with Crippen LogP contribution in [-0.4, -0.2) is 24.9 Å². The van der Waals surface area contributed by atoms with Gasteiger partial charge >= 0.3 is 0 Å². The van der Waals surface area contributed by atoms with E-state index in [1.165, 1.54) is 0 Å². The Hall–Kier alpha value is -1.38. The Morgan fingerprint density at radius 1 is 1.21 bits per heavy atom. The molecule has 0 aromatic heterocycles. The summed E-state index contributed by atoms with van der Waals surface area (Å²) < 4.78 is 0. The molecule has 1 heterocycles. The van der Waals surface area contributed by atoms with E-state index in [4.69, 9.17) is 0 Å². The number of aromatic hydroxyl groups is 1. The van der Waals surface area contributed by atoms with Crippen LogP contribution in [0.15, 0.2) is 18.2 Å². The highest BCUT2D eigenvalue weighted by molar-refractivity contribution is 5.81. The molecule has 14 heavy (non-hydrogen) atoms. The maximum Gasteiger partial charge on any atom is 0.141 e. The van der Waals surface area contributed by atoms with E-state index in [2.05, 4.69) is 29.7 Å². The zero-order chi connectivity index (χ0) is 10.1. The Morgan fingerprint density at radius 3 is 2.57 bits per heavy atom. The summed E-state index contributed by atoms with van der Waals surface area (Å²) in [4.78, 5) is 4.45. The highest BCUT2D eigenvalue weighted by atomic mass is 16.3. The minimum atomic E-state index is 0.389. The standard InChI is InChI=1S/C11H16N2O/c1-3-12-8-13(4-2)11-9(12)6-5-7-10(11)14/h5-7,14H,3-4,8H2,1-2H3. The number of fused-ring (bicyclic) bond motifs is 1. The van der Waals surface area contributed by atoms with E-state index >= 15 is 0 Å². The van der Waals surface area contributed by atoms with E-state index in [-0.39, 0.29) is 0 Å². The van der Waals surface area contributed by atoms with Crippen LogP contribution < -0.4 is 9.80 Å². The molecule has 0 radical (unpaired) electrons. The third kappa shape index (κ3) is 1.20. The summed E-state index contributed by atoms with van der Waals surface area (Å²) in [6, 6.07) is 5.71. The minimum absolute atomic E-state index is 0.389. The van der Waals surface area contributed by atoms with Gasteiger partial charge in [-0.2, -0.15) is 0 Å². The normalized spacial score (nSPS) is 14.7. The third-order valence-corrected chi connectivity index (χ3v) is 2.76. The lowest BCUT2D eigenvalue weighted by Gasteiger charge is -2.18. The van der Waals surface area contributed by atoms with Gasteiger partial charge in [-0.1, -0.05) is 6.07 Å². The van der Waals surface area contributed by atoms with E-state index in [1.54, 1.807) is 6.07 Å². The Bertz CT molecular complexity index is 338. The Balaban J connectivity index is 2.47. The van der Waals surface area contributed by atoms with Crippen molar-refractivity contribution >= 4 is 11.4 Å². The summed E-state index contributed by atoms with van der Waals surface area (Å²) in [7, 11) is 0. The van der Waals surface area contributed by atoms with Gasteiger partial charge < -0.3 is 14.9 Å². The number of nitrogens with zero attached hydrogens (tertiary/aromatic N) is 2. The second kappa shape index (κ2) is 3.40. The van der Waals surface area contributed by atoms with Crippen LogP contribution in [0.3, 0.4) is 0 Å². The molecule has 0 saturated carbocycles. The fraction of sp³-hybridized carbons (Fsp3) is 0.455. The first kappa shape index (κ1) is 9.19. The quantitative estimate of drug-likeness (QED) is 0.776. The first-order valence-electron chi connectivity index (χ1n) is 5.09. The number of hydrogen-bond donors (Lipinski definition) is 1. The van der Waals surface area contributed by atoms with E-state index in [0.29, 0.717) is 5.75 Å². The van der Waals surface area contributed by atoms with Crippen LogP contribution in [0.5, 0.6) is 5.75 Å². The molecule has 1 N–H and O–H groups in total. The van der Waals surface area contributed by atoms with Crippen molar-refractivity contribution in [3.8, 4) is 5.75 Å². The summed E-state index contributed by atoms with van der Waals surface area (Å²) in [6.45, 7) is 7.04. The SMILES string of the molecule is CCN1CN(CC)c2c(O)cccc21. The number of anilines is 2. The number of benzene rings is 1. The van der Waals surface area contributed by atoms with E-state index in [0.717, 1.165) is 31.1 Å². The Kier molecular flexibility index (Phi) is 2.23. The highest BCUT2D eigenvalue weighted by Gasteiger charge is 2.25. The van der Waals surface area contributed by atoms with Crippen molar-refractivity contribution in [1.82, 2.24) is 0 Å². The van der Waals surface area contributed by atoms with Gasteiger partial charge in [-0.15, -0.1) is 0 Å². The fourth-order valence-corrected chi connectivity index (χ4v) is 1.98. The molecule has 3 heteroatoms. The topological polar surface area (TPSA) is 26.7 Å². The average molecular weight is 192 g/mol. The monoisotopic (exact) mass is 192 g/mol. The lowest BCUT2D eigenvalue weighted by Crippen LogP contribution is -2.30. The lowest BCUT2D eigenvalue weighted by molar-refractivity contribution is 0.475. The molecule has 0 amide bonds. The predicted molar refractivity (Wildman–Crippen MR) is 59.0 cm³/mol. The summed E-state index contributed by atoms with van der Waals surface area (Å²) in [5.74, 6) is 0.389. The van der Waals surface area contributed by atoms with Crippen molar-refractivity contribution in [3.63, 3.8) is 0 Å². The molecule has 1 aliphatic heterocycles. The molecule has 1 aromatic carbocycles. The molecule has 0 bridgehead atoms. The van der Waals surface area contributed by atoms with Gasteiger partial charge in [-0.3, -0.25) is 0 Å². The van der Waals surface area contributed by atoms with Gasteiger partial charge in [0.25, 0.3) is 0 Å². The summed E-state index contributed by atoms with van der Waals surface area (Å²) in [5.41, 5.74) is 2.13. The van der Waals surface area contributed by atoms with Crippen LogP contribution in [0, 0.1) is 0 Å². The van der Waals surface area contributed by atoms with Crippen molar-refractivity contribution in [1.29, 1.82) is 0 Å². The first-order chi connectivity index (χ1) is 6.77. The molecule has 0 aliphatic carbocycles. The number of hydrogen-bond acceptors (Lipinski definition) is 3. The molecule has 0 spiro atoms. The van der Waals surface area contributed by atoms with Crippen LogP contribution in [0.1, 0.15) is 13.8 Å². The molecule has 3 nitrogen and oxygen atoms in total. The number of rotatable bonds is 2. The molecule has 0 unspecified atom stereocenters. The van der Waals surface area contributed by atoms with E-state index < -0.39 is 0 Å². The first-order valence-corrected chi connectivity index (χ1v) is 5.09. The van der Waals surface area contributed by atoms with Gasteiger partial charge in [0.1, 0.15) is 11.4 Å². The maximum atomic E-state index is 9.78. The van der Waals surface area contributed by atoms with Crippen molar-refractivity contribution in [2.75, 3.05) is 29.6 Å². The van der Waals surface area contributed by atoms with E-state index in [1.807, 2.05) is 6.07 Å². The fourth-order valence-electron chi connectivity index (χ4n) is 1.98. The third-order valence-electron chi connectivity index (χ3n) is 2.76. The summed E-state index contributed by atoms with van der Waals surface area (Å²) in [5, 5.41) is 9.78. The smallest absolute Gasteiger partial charge is 0.141 e. The predicted octanol–water partition coefficient (Wildman–Crippen LogP) is 2.02. The molecule has 2 rings (SSSR count). The summed E-state index contributed by atoms with van der Waals surface area (Å²) in [6.07, 6.45) is 0. The van der Waals surface area contributed by atoms with Crippen LogP contribution >= 0.6 is 0 Å². The van der Waals surface area contributed by atoms with Crippen LogP contribution in [0.4, 0.5) is 11.4 Å². The average Bonchev–Trinajstić information content (AvgIpc) is 2.57. The molecular weight excluding hydrogens is 176 g/mol. The van der Waals surface area contributed by atoms with Gasteiger partial charge in [0.15, 0.2) is 0 Å². The molecule has 1 aliphatic rings. The maximum absolute atomic E-state index is 9.78. The Labute approximate surface area is 84.6 Å². The molecule has 0 saturated heterocycles. The van der Waals surface area contributed by atoms with Crippen LogP contribution in [-0.2, 0) is 0 Å². The van der Waals surface area contributed by atoms with Crippen molar-refractivity contribution in [2.24, 2.45) is 0 Å². The van der Waals surface area contributed by atoms with Gasteiger partial charge in [-0.25, -0.2) is 0 Å². The Morgan fingerprint density at radius 2 is 1.93 bits per heavy atom. The molecule has 0 atom stereocenters. The zero-order valence-electron chi connectivity index (χ0n) is 8.70. The van der Waals surface area contributed by atoms with Crippen LogP contribution in [0.2, 0.25) is 0 Å². The number of phenolic OH excluding ortho intramolecular Hbond substituents is 1. The minimum Gasteiger partial charge on any atom is -0.506 e. The van der Waals surface area contributed by atoms with Gasteiger partial charge in [0, 0.05) is 13.1 Å². The van der Waals surface area contributed by atoms with Gasteiger partial charge in [0.05, 0.1) is 12.4 Å². The largest absolute Gasteiger partial charge is 0.506 e. The van der Waals surface area contributed by atoms with Crippen LogP contribution in [0.25, 0.3) is 0 Å².